The first-order chi connectivity index (χ1) is 8.56. The lowest BCUT2D eigenvalue weighted by atomic mass is 10.1. The van der Waals surface area contributed by atoms with Gasteiger partial charge in [-0.2, -0.15) is 0 Å². The molecule has 1 aliphatic rings. The predicted octanol–water partition coefficient (Wildman–Crippen LogP) is -0.231. The largest absolute Gasteiger partial charge is 0.330 e. The number of nitrogens with one attached hydrogen (secondary N) is 1. The monoisotopic (exact) mass is 255 g/mol. The fourth-order valence-electron chi connectivity index (χ4n) is 1.94. The van der Waals surface area contributed by atoms with Gasteiger partial charge in [-0.25, -0.2) is 0 Å². The minimum absolute atomic E-state index is 0.0193. The van der Waals surface area contributed by atoms with Gasteiger partial charge in [0.1, 0.15) is 12.6 Å². The molecular formula is C12H21N3O3. The second kappa shape index (κ2) is 7.10. The van der Waals surface area contributed by atoms with Gasteiger partial charge < -0.3 is 10.6 Å². The summed E-state index contributed by atoms with van der Waals surface area (Å²) < 4.78 is 0. The molecule has 1 heterocycles. The van der Waals surface area contributed by atoms with Gasteiger partial charge in [-0.1, -0.05) is 12.8 Å². The van der Waals surface area contributed by atoms with Crippen molar-refractivity contribution in [2.24, 2.45) is 5.73 Å². The van der Waals surface area contributed by atoms with Crippen LogP contribution in [0, 0.1) is 0 Å². The minimum atomic E-state index is -0.556. The number of hydrogen-bond donors (Lipinski definition) is 2. The van der Waals surface area contributed by atoms with Crippen LogP contribution in [0.5, 0.6) is 0 Å². The molecule has 102 valence electrons. The Kier molecular flexibility index (Phi) is 5.77. The van der Waals surface area contributed by atoms with E-state index in [1.54, 1.807) is 6.92 Å². The summed E-state index contributed by atoms with van der Waals surface area (Å²) in [5, 5.41) is 2.21. The van der Waals surface area contributed by atoms with Crippen molar-refractivity contribution in [2.45, 2.75) is 45.1 Å². The van der Waals surface area contributed by atoms with Crippen molar-refractivity contribution in [3.63, 3.8) is 0 Å². The Morgan fingerprint density at radius 2 is 2.00 bits per heavy atom. The van der Waals surface area contributed by atoms with Gasteiger partial charge in [-0.15, -0.1) is 0 Å². The molecule has 18 heavy (non-hydrogen) atoms. The molecule has 0 saturated carbocycles. The van der Waals surface area contributed by atoms with Crippen LogP contribution >= 0.6 is 0 Å². The molecule has 1 aliphatic heterocycles. The van der Waals surface area contributed by atoms with E-state index < -0.39 is 17.9 Å². The van der Waals surface area contributed by atoms with Gasteiger partial charge in [-0.05, 0) is 26.3 Å². The molecule has 3 amide bonds. The third-order valence-corrected chi connectivity index (χ3v) is 3.09. The Bertz CT molecular complexity index is 331. The van der Waals surface area contributed by atoms with Gasteiger partial charge in [0.2, 0.25) is 17.7 Å². The number of carbonyl (C=O) groups excluding carboxylic acids is 3. The zero-order valence-corrected chi connectivity index (χ0v) is 10.8. The Morgan fingerprint density at radius 3 is 2.67 bits per heavy atom. The van der Waals surface area contributed by atoms with Crippen molar-refractivity contribution < 1.29 is 14.4 Å². The summed E-state index contributed by atoms with van der Waals surface area (Å²) in [5.41, 5.74) is 5.38. The molecule has 3 N–H and O–H groups in total. The summed E-state index contributed by atoms with van der Waals surface area (Å²) in [4.78, 5) is 35.9. The summed E-state index contributed by atoms with van der Waals surface area (Å²) in [7, 11) is 0. The Balaban J connectivity index is 2.35. The number of nitrogens with zero attached hydrogens (tertiary/aromatic N) is 1. The highest BCUT2D eigenvalue weighted by Crippen LogP contribution is 2.10. The van der Waals surface area contributed by atoms with Crippen molar-refractivity contribution in [3.05, 3.63) is 0 Å². The zero-order valence-electron chi connectivity index (χ0n) is 10.8. The molecule has 1 unspecified atom stereocenters. The SMILES string of the molecule is CC1C(=O)NC(=O)CN1C(=O)CCCCCCN. The summed E-state index contributed by atoms with van der Waals surface area (Å²) >= 11 is 0. The van der Waals surface area contributed by atoms with Gasteiger partial charge >= 0.3 is 0 Å². The van der Waals surface area contributed by atoms with E-state index in [0.717, 1.165) is 25.7 Å². The summed E-state index contributed by atoms with van der Waals surface area (Å²) in [6.07, 6.45) is 4.09. The normalized spacial score (nSPS) is 19.9. The molecular weight excluding hydrogens is 234 g/mol. The maximum atomic E-state index is 11.9. The van der Waals surface area contributed by atoms with E-state index in [-0.39, 0.29) is 12.5 Å². The lowest BCUT2D eigenvalue weighted by molar-refractivity contribution is -0.149. The maximum Gasteiger partial charge on any atom is 0.249 e. The van der Waals surface area contributed by atoms with E-state index in [0.29, 0.717) is 13.0 Å². The molecule has 1 rings (SSSR count). The average Bonchev–Trinajstić information content (AvgIpc) is 2.33. The molecule has 1 saturated heterocycles. The third-order valence-electron chi connectivity index (χ3n) is 3.09. The summed E-state index contributed by atoms with van der Waals surface area (Å²) in [5.74, 6) is -0.934. The summed E-state index contributed by atoms with van der Waals surface area (Å²) in [6.45, 7) is 2.29. The van der Waals surface area contributed by atoms with E-state index in [2.05, 4.69) is 5.32 Å². The van der Waals surface area contributed by atoms with Crippen LogP contribution in [-0.4, -0.2) is 41.8 Å². The van der Waals surface area contributed by atoms with E-state index in [9.17, 15) is 14.4 Å². The van der Waals surface area contributed by atoms with Crippen LogP contribution in [0.2, 0.25) is 0 Å². The molecule has 0 spiro atoms. The number of carbonyl (C=O) groups is 3. The second-order valence-corrected chi connectivity index (χ2v) is 4.56. The maximum absolute atomic E-state index is 11.9. The number of imide groups is 1. The zero-order chi connectivity index (χ0) is 13.5. The fourth-order valence-corrected chi connectivity index (χ4v) is 1.94. The van der Waals surface area contributed by atoms with Crippen molar-refractivity contribution >= 4 is 17.7 Å². The number of piperazine rings is 1. The Hall–Kier alpha value is -1.43. The minimum Gasteiger partial charge on any atom is -0.330 e. The molecule has 6 heteroatoms. The van der Waals surface area contributed by atoms with Gasteiger partial charge in [0.15, 0.2) is 0 Å². The third kappa shape index (κ3) is 4.10. The highest BCUT2D eigenvalue weighted by atomic mass is 16.2. The van der Waals surface area contributed by atoms with E-state index in [1.165, 1.54) is 4.90 Å². The number of rotatable bonds is 6. The first kappa shape index (κ1) is 14.6. The lowest BCUT2D eigenvalue weighted by Crippen LogP contribution is -2.58. The molecule has 1 fully saturated rings. The predicted molar refractivity (Wildman–Crippen MR) is 66.5 cm³/mol. The van der Waals surface area contributed by atoms with Crippen LogP contribution in [0.25, 0.3) is 0 Å². The molecule has 0 aliphatic carbocycles. The van der Waals surface area contributed by atoms with E-state index >= 15 is 0 Å². The molecule has 0 aromatic heterocycles. The average molecular weight is 255 g/mol. The molecule has 0 bridgehead atoms. The number of amides is 3. The van der Waals surface area contributed by atoms with Crippen LogP contribution in [0.1, 0.15) is 39.0 Å². The van der Waals surface area contributed by atoms with Gasteiger partial charge in [0, 0.05) is 6.42 Å². The standard InChI is InChI=1S/C12H21N3O3/c1-9-12(18)14-10(16)8-15(9)11(17)6-4-2-3-5-7-13/h9H,2-8,13H2,1H3,(H,14,16,18). The van der Waals surface area contributed by atoms with Gasteiger partial charge in [-0.3, -0.25) is 19.7 Å². The number of unbranched alkanes of at least 4 members (excludes halogenated alkanes) is 3. The molecule has 6 nitrogen and oxygen atoms in total. The fraction of sp³-hybridized carbons (Fsp3) is 0.750. The smallest absolute Gasteiger partial charge is 0.249 e. The van der Waals surface area contributed by atoms with Crippen molar-refractivity contribution in [1.82, 2.24) is 10.2 Å². The van der Waals surface area contributed by atoms with Gasteiger partial charge in [0.25, 0.3) is 0 Å². The van der Waals surface area contributed by atoms with Crippen LogP contribution in [-0.2, 0) is 14.4 Å². The van der Waals surface area contributed by atoms with E-state index in [1.807, 2.05) is 0 Å². The van der Waals surface area contributed by atoms with Crippen molar-refractivity contribution in [1.29, 1.82) is 0 Å². The first-order valence-electron chi connectivity index (χ1n) is 6.39. The van der Waals surface area contributed by atoms with Crippen LogP contribution < -0.4 is 11.1 Å². The lowest BCUT2D eigenvalue weighted by Gasteiger charge is -2.31. The highest BCUT2D eigenvalue weighted by molar-refractivity contribution is 6.04. The molecule has 0 radical (unpaired) electrons. The van der Waals surface area contributed by atoms with Crippen molar-refractivity contribution in [2.75, 3.05) is 13.1 Å². The summed E-state index contributed by atoms with van der Waals surface area (Å²) in [6, 6.07) is -0.556. The van der Waals surface area contributed by atoms with Crippen LogP contribution in [0.15, 0.2) is 0 Å². The Morgan fingerprint density at radius 1 is 1.33 bits per heavy atom. The first-order valence-corrected chi connectivity index (χ1v) is 6.39. The molecule has 0 aromatic rings. The van der Waals surface area contributed by atoms with Crippen LogP contribution in [0.3, 0.4) is 0 Å². The molecule has 0 aromatic carbocycles. The number of nitrogens with two attached hydrogens (primary N) is 1. The Labute approximate surface area is 107 Å². The van der Waals surface area contributed by atoms with Crippen LogP contribution in [0.4, 0.5) is 0 Å². The highest BCUT2D eigenvalue weighted by Gasteiger charge is 2.32. The van der Waals surface area contributed by atoms with Crippen molar-refractivity contribution in [3.8, 4) is 0 Å². The van der Waals surface area contributed by atoms with E-state index in [4.69, 9.17) is 5.73 Å². The quantitative estimate of drug-likeness (QED) is 0.506. The topological polar surface area (TPSA) is 92.5 Å². The van der Waals surface area contributed by atoms with Gasteiger partial charge in [0.05, 0.1) is 0 Å². The second-order valence-electron chi connectivity index (χ2n) is 4.56. The number of hydrogen-bond acceptors (Lipinski definition) is 4. The molecule has 1 atom stereocenters.